The lowest BCUT2D eigenvalue weighted by Gasteiger charge is -2.22. The van der Waals surface area contributed by atoms with E-state index < -0.39 is 0 Å². The normalized spacial score (nSPS) is 17.7. The van der Waals surface area contributed by atoms with Crippen LogP contribution >= 0.6 is 0 Å². The molecule has 1 aromatic heterocycles. The van der Waals surface area contributed by atoms with Crippen molar-refractivity contribution >= 4 is 16.9 Å². The summed E-state index contributed by atoms with van der Waals surface area (Å²) in [7, 11) is 1.86. The first-order valence-corrected chi connectivity index (χ1v) is 9.18. The monoisotopic (exact) mass is 344 g/mol. The number of rotatable bonds is 3. The van der Waals surface area contributed by atoms with Gasteiger partial charge in [0.25, 0.3) is 0 Å². The molecule has 0 aliphatic carbocycles. The minimum absolute atomic E-state index is 0.578. The molecule has 0 bridgehead atoms. The van der Waals surface area contributed by atoms with E-state index in [1.54, 1.807) is 0 Å². The molecule has 1 unspecified atom stereocenters. The van der Waals surface area contributed by atoms with Crippen LogP contribution in [0.3, 0.4) is 0 Å². The minimum Gasteiger partial charge on any atom is -0.352 e. The molecule has 4 nitrogen and oxygen atoms in total. The molecule has 1 atom stereocenters. The van der Waals surface area contributed by atoms with E-state index in [-0.39, 0.29) is 0 Å². The highest BCUT2D eigenvalue weighted by molar-refractivity contribution is 5.83. The molecular formula is C22H24N4. The van der Waals surface area contributed by atoms with Crippen LogP contribution in [0.25, 0.3) is 10.9 Å². The molecule has 4 rings (SSSR count). The van der Waals surface area contributed by atoms with Crippen molar-refractivity contribution in [2.24, 2.45) is 4.99 Å². The molecule has 4 heteroatoms. The fourth-order valence-corrected chi connectivity index (χ4v) is 3.77. The van der Waals surface area contributed by atoms with E-state index >= 15 is 0 Å². The molecule has 0 spiro atoms. The molecule has 26 heavy (non-hydrogen) atoms. The molecule has 1 aliphatic rings. The van der Waals surface area contributed by atoms with Crippen molar-refractivity contribution < 1.29 is 0 Å². The predicted octanol–water partition coefficient (Wildman–Crippen LogP) is 3.80. The lowest BCUT2D eigenvalue weighted by molar-refractivity contribution is 0.486. The van der Waals surface area contributed by atoms with Gasteiger partial charge in [-0.1, -0.05) is 54.6 Å². The van der Waals surface area contributed by atoms with Crippen molar-refractivity contribution in [3.63, 3.8) is 0 Å². The van der Waals surface area contributed by atoms with Gasteiger partial charge in [-0.15, -0.1) is 0 Å². The Kier molecular flexibility index (Phi) is 4.82. The van der Waals surface area contributed by atoms with Gasteiger partial charge in [0.15, 0.2) is 5.96 Å². The third-order valence-electron chi connectivity index (χ3n) is 5.12. The Hall–Kier alpha value is -2.88. The maximum atomic E-state index is 4.54. The van der Waals surface area contributed by atoms with Crippen molar-refractivity contribution in [2.45, 2.75) is 18.9 Å². The lowest BCUT2D eigenvalue weighted by Crippen LogP contribution is -2.39. The van der Waals surface area contributed by atoms with Gasteiger partial charge in [-0.05, 0) is 23.6 Å². The largest absolute Gasteiger partial charge is 0.352 e. The Morgan fingerprint density at radius 2 is 1.96 bits per heavy atom. The number of aliphatic imine (C=N–C) groups is 1. The first-order valence-electron chi connectivity index (χ1n) is 9.18. The molecule has 1 aliphatic heterocycles. The first-order chi connectivity index (χ1) is 12.8. The smallest absolute Gasteiger partial charge is 0.193 e. The van der Waals surface area contributed by atoms with Crippen molar-refractivity contribution in [3.8, 4) is 0 Å². The number of pyridine rings is 1. The van der Waals surface area contributed by atoms with Gasteiger partial charge < -0.3 is 10.2 Å². The fourth-order valence-electron chi connectivity index (χ4n) is 3.77. The second-order valence-electron chi connectivity index (χ2n) is 6.74. The maximum absolute atomic E-state index is 4.54. The molecule has 2 aromatic carbocycles. The van der Waals surface area contributed by atoms with Crippen LogP contribution < -0.4 is 5.32 Å². The van der Waals surface area contributed by atoms with Crippen LogP contribution in [0.5, 0.6) is 0 Å². The Morgan fingerprint density at radius 1 is 1.12 bits per heavy atom. The van der Waals surface area contributed by atoms with Crippen molar-refractivity contribution in [3.05, 3.63) is 78.0 Å². The number of aromatic nitrogens is 1. The minimum atomic E-state index is 0.578. The molecule has 0 amide bonds. The zero-order chi connectivity index (χ0) is 17.8. The van der Waals surface area contributed by atoms with Gasteiger partial charge in [0, 0.05) is 44.2 Å². The molecule has 132 valence electrons. The molecular weight excluding hydrogens is 320 g/mol. The fraction of sp³-hybridized carbons (Fsp3) is 0.273. The number of nitrogens with one attached hydrogen (secondary N) is 1. The Balaban J connectivity index is 1.44. The van der Waals surface area contributed by atoms with Gasteiger partial charge in [0.1, 0.15) is 0 Å². The van der Waals surface area contributed by atoms with Crippen molar-refractivity contribution in [1.29, 1.82) is 0 Å². The molecule has 1 saturated heterocycles. The van der Waals surface area contributed by atoms with E-state index in [0.717, 1.165) is 31.1 Å². The number of guanidine groups is 1. The van der Waals surface area contributed by atoms with E-state index in [2.05, 4.69) is 74.8 Å². The Labute approximate surface area is 154 Å². The summed E-state index contributed by atoms with van der Waals surface area (Å²) in [6.45, 7) is 2.78. The second kappa shape index (κ2) is 7.56. The zero-order valence-electron chi connectivity index (χ0n) is 15.1. The number of benzene rings is 2. The summed E-state index contributed by atoms with van der Waals surface area (Å²) in [5.74, 6) is 1.55. The number of fused-ring (bicyclic) bond motifs is 1. The van der Waals surface area contributed by atoms with E-state index in [9.17, 15) is 0 Å². The van der Waals surface area contributed by atoms with Crippen LogP contribution in [0.4, 0.5) is 0 Å². The third-order valence-corrected chi connectivity index (χ3v) is 5.12. The summed E-state index contributed by atoms with van der Waals surface area (Å²) in [6.07, 6.45) is 3.02. The van der Waals surface area contributed by atoms with Crippen LogP contribution in [0.2, 0.25) is 0 Å². The van der Waals surface area contributed by atoms with Crippen LogP contribution in [0, 0.1) is 0 Å². The molecule has 0 saturated carbocycles. The second-order valence-corrected chi connectivity index (χ2v) is 6.74. The van der Waals surface area contributed by atoms with E-state index in [0.29, 0.717) is 5.92 Å². The van der Waals surface area contributed by atoms with Crippen molar-refractivity contribution in [2.75, 3.05) is 20.1 Å². The predicted molar refractivity (Wildman–Crippen MR) is 107 cm³/mol. The summed E-state index contributed by atoms with van der Waals surface area (Å²) in [5, 5.41) is 4.70. The Bertz CT molecular complexity index is 899. The van der Waals surface area contributed by atoms with Crippen LogP contribution in [0.1, 0.15) is 23.5 Å². The molecule has 1 N–H and O–H groups in total. The van der Waals surface area contributed by atoms with Gasteiger partial charge in [0.2, 0.25) is 0 Å². The summed E-state index contributed by atoms with van der Waals surface area (Å²) in [6, 6.07) is 21.2. The summed E-state index contributed by atoms with van der Waals surface area (Å²) in [5.41, 5.74) is 3.67. The van der Waals surface area contributed by atoms with E-state index in [4.69, 9.17) is 0 Å². The molecule has 2 heterocycles. The van der Waals surface area contributed by atoms with E-state index in [1.165, 1.54) is 22.9 Å². The molecule has 3 aromatic rings. The standard InChI is InChI=1S/C22H24N4/c1-23-22(26-14-12-20(16-26)17-7-3-2-4-8-17)25-15-19-10-5-9-18-11-6-13-24-21(18)19/h2-11,13,20H,12,14-16H2,1H3,(H,23,25). The van der Waals surface area contributed by atoms with Gasteiger partial charge in [-0.25, -0.2) is 0 Å². The first kappa shape index (κ1) is 16.6. The number of para-hydroxylation sites is 1. The van der Waals surface area contributed by atoms with Gasteiger partial charge in [0.05, 0.1) is 5.52 Å². The van der Waals surface area contributed by atoms with Crippen molar-refractivity contribution in [1.82, 2.24) is 15.2 Å². The highest BCUT2D eigenvalue weighted by atomic mass is 15.3. The average molecular weight is 344 g/mol. The maximum Gasteiger partial charge on any atom is 0.193 e. The van der Waals surface area contributed by atoms with Crippen LogP contribution in [-0.4, -0.2) is 36.0 Å². The molecule has 1 fully saturated rings. The highest BCUT2D eigenvalue weighted by Crippen LogP contribution is 2.27. The van der Waals surface area contributed by atoms with Gasteiger partial charge >= 0.3 is 0 Å². The van der Waals surface area contributed by atoms with Gasteiger partial charge in [-0.2, -0.15) is 0 Å². The van der Waals surface area contributed by atoms with Crippen LogP contribution in [-0.2, 0) is 6.54 Å². The number of likely N-dealkylation sites (tertiary alicyclic amines) is 1. The van der Waals surface area contributed by atoms with E-state index in [1.807, 2.05) is 19.3 Å². The van der Waals surface area contributed by atoms with Gasteiger partial charge in [-0.3, -0.25) is 9.98 Å². The summed E-state index contributed by atoms with van der Waals surface area (Å²) in [4.78, 5) is 11.4. The Morgan fingerprint density at radius 3 is 2.81 bits per heavy atom. The SMILES string of the molecule is CN=C(NCc1cccc2cccnc12)N1CCC(c2ccccc2)C1. The number of hydrogen-bond acceptors (Lipinski definition) is 2. The number of hydrogen-bond donors (Lipinski definition) is 1. The highest BCUT2D eigenvalue weighted by Gasteiger charge is 2.25. The summed E-state index contributed by atoms with van der Waals surface area (Å²) >= 11 is 0. The summed E-state index contributed by atoms with van der Waals surface area (Å²) < 4.78 is 0. The lowest BCUT2D eigenvalue weighted by atomic mass is 9.99. The topological polar surface area (TPSA) is 40.5 Å². The van der Waals surface area contributed by atoms with Crippen LogP contribution in [0.15, 0.2) is 71.9 Å². The zero-order valence-corrected chi connectivity index (χ0v) is 15.1. The number of nitrogens with zero attached hydrogens (tertiary/aromatic N) is 3. The molecule has 0 radical (unpaired) electrons. The quantitative estimate of drug-likeness (QED) is 0.580. The average Bonchev–Trinajstić information content (AvgIpc) is 3.19. The third kappa shape index (κ3) is 3.40.